The molecule has 0 spiro atoms. The molecule has 1 nitrogen and oxygen atoms in total. The fourth-order valence-electron chi connectivity index (χ4n) is 13.7. The molecule has 1 saturated heterocycles. The van der Waals surface area contributed by atoms with Crippen LogP contribution < -0.4 is 5.30 Å². The molecule has 0 amide bonds. The van der Waals surface area contributed by atoms with Gasteiger partial charge in [-0.2, -0.15) is 0 Å². The molecule has 12 rings (SSSR count). The van der Waals surface area contributed by atoms with E-state index >= 15 is 4.79 Å². The van der Waals surface area contributed by atoms with Crippen LogP contribution in [0.4, 0.5) is 0 Å². The van der Waals surface area contributed by atoms with Crippen LogP contribution in [0, 0.1) is 13.8 Å². The molecule has 0 aromatic heterocycles. The average Bonchev–Trinajstić information content (AvgIpc) is 3.53. The number of Topliss-reactive ketones (excluding diaryl/α,β-unsaturated/α-hetero) is 1. The summed E-state index contributed by atoms with van der Waals surface area (Å²) in [5.41, 5.74) is 20.9. The number of fused-ring (bicyclic) bond motifs is 4. The molecule has 2 atom stereocenters. The first-order valence-corrected chi connectivity index (χ1v) is 30.5. The SMILES string of the molecule is Cc1ccccc1-c1cc(C(C)C)c(-c2cccc(-c3c(C(C)C)cc(-c4ccccc4C)cc3C(C)C)c2P2C(c3c4ccccc4cc4ccccc34)CC(=O)CC2c2c3ccccc3cc3ccccc23)c(C(C)C)c1. The van der Waals surface area contributed by atoms with Crippen LogP contribution in [0.1, 0.15) is 148 Å². The molecule has 11 aromatic rings. The van der Waals surface area contributed by atoms with Gasteiger partial charge in [0.15, 0.2) is 0 Å². The Hall–Kier alpha value is -7.44. The molecule has 0 radical (unpaired) electrons. The Morgan fingerprint density at radius 3 is 0.962 bits per heavy atom. The highest BCUT2D eigenvalue weighted by Crippen LogP contribution is 2.71. The number of carbonyl (C=O) groups is 1. The topological polar surface area (TPSA) is 17.1 Å². The van der Waals surface area contributed by atoms with Crippen molar-refractivity contribution in [1.82, 2.24) is 0 Å². The predicted octanol–water partition coefficient (Wildman–Crippen LogP) is 22.0. The number of rotatable bonds is 11. The maximum Gasteiger partial charge on any atom is 0.134 e. The fourth-order valence-corrected chi connectivity index (χ4v) is 17.6. The smallest absolute Gasteiger partial charge is 0.134 e. The van der Waals surface area contributed by atoms with Crippen molar-refractivity contribution < 1.29 is 4.79 Å². The van der Waals surface area contributed by atoms with Crippen molar-refractivity contribution >= 4 is 62.1 Å². The number of aryl methyl sites for hydroxylation is 2. The molecule has 79 heavy (non-hydrogen) atoms. The van der Waals surface area contributed by atoms with Crippen molar-refractivity contribution in [1.29, 1.82) is 0 Å². The zero-order valence-electron chi connectivity index (χ0n) is 47.8. The Bertz CT molecular complexity index is 3740. The highest BCUT2D eigenvalue weighted by atomic mass is 31.1. The van der Waals surface area contributed by atoms with Crippen molar-refractivity contribution in [2.45, 2.75) is 117 Å². The lowest BCUT2D eigenvalue weighted by Gasteiger charge is -2.43. The van der Waals surface area contributed by atoms with E-state index in [1.807, 2.05) is 0 Å². The second-order valence-electron chi connectivity index (χ2n) is 23.9. The second-order valence-corrected chi connectivity index (χ2v) is 26.4. The fraction of sp³-hybridized carbons (Fsp3) is 0.234. The van der Waals surface area contributed by atoms with Gasteiger partial charge in [0.05, 0.1) is 0 Å². The van der Waals surface area contributed by atoms with Crippen molar-refractivity contribution in [3.05, 3.63) is 245 Å². The van der Waals surface area contributed by atoms with E-state index in [0.29, 0.717) is 18.6 Å². The largest absolute Gasteiger partial charge is 0.300 e. The lowest BCUT2D eigenvalue weighted by Crippen LogP contribution is -2.27. The van der Waals surface area contributed by atoms with E-state index in [4.69, 9.17) is 0 Å². The van der Waals surface area contributed by atoms with Crippen LogP contribution in [0.2, 0.25) is 0 Å². The van der Waals surface area contributed by atoms with Crippen LogP contribution in [0.25, 0.3) is 87.6 Å². The van der Waals surface area contributed by atoms with Gasteiger partial charge in [0.2, 0.25) is 0 Å². The summed E-state index contributed by atoms with van der Waals surface area (Å²) in [6, 6.07) is 76.1. The van der Waals surface area contributed by atoms with Crippen LogP contribution in [-0.2, 0) is 4.79 Å². The molecule has 1 aliphatic rings. The number of hydrogen-bond acceptors (Lipinski definition) is 1. The summed E-state index contributed by atoms with van der Waals surface area (Å²) in [5.74, 6) is 1.21. The Kier molecular flexibility index (Phi) is 14.1. The summed E-state index contributed by atoms with van der Waals surface area (Å²) in [4.78, 5) is 15.6. The molecule has 1 fully saturated rings. The van der Waals surface area contributed by atoms with E-state index in [9.17, 15) is 0 Å². The second kappa shape index (κ2) is 21.3. The van der Waals surface area contributed by atoms with Gasteiger partial charge >= 0.3 is 0 Å². The predicted molar refractivity (Wildman–Crippen MR) is 343 cm³/mol. The maximum absolute atomic E-state index is 15.6. The number of hydrogen-bond donors (Lipinski definition) is 0. The van der Waals surface area contributed by atoms with Crippen LogP contribution in [0.5, 0.6) is 0 Å². The minimum atomic E-state index is -1.32. The summed E-state index contributed by atoms with van der Waals surface area (Å²) in [5, 5.41) is 11.3. The third-order valence-electron chi connectivity index (χ3n) is 17.4. The molecule has 2 unspecified atom stereocenters. The zero-order chi connectivity index (χ0) is 54.8. The molecule has 1 heterocycles. The molecule has 392 valence electrons. The normalized spacial score (nSPS) is 16.0. The van der Waals surface area contributed by atoms with Gasteiger partial charge in [-0.15, -0.1) is 0 Å². The van der Waals surface area contributed by atoms with Crippen molar-refractivity contribution in [2.75, 3.05) is 0 Å². The van der Waals surface area contributed by atoms with Crippen molar-refractivity contribution in [2.24, 2.45) is 0 Å². The number of ketones is 1. The van der Waals surface area contributed by atoms with Gasteiger partial charge in [-0.1, -0.05) is 251 Å². The minimum Gasteiger partial charge on any atom is -0.300 e. The Morgan fingerprint density at radius 1 is 0.354 bits per heavy atom. The average molecular weight is 1050 g/mol. The van der Waals surface area contributed by atoms with Gasteiger partial charge in [0, 0.05) is 24.2 Å². The van der Waals surface area contributed by atoms with Gasteiger partial charge < -0.3 is 0 Å². The van der Waals surface area contributed by atoms with E-state index in [2.05, 4.69) is 269 Å². The van der Waals surface area contributed by atoms with Gasteiger partial charge in [-0.05, 0) is 187 Å². The monoisotopic (exact) mass is 1040 g/mol. The van der Waals surface area contributed by atoms with Crippen molar-refractivity contribution in [3.63, 3.8) is 0 Å². The standard InChI is InChI=1S/C77H73OP/c1-46(2)67-40-56(59-30-17-11-24-50(59)9)41-68(47(3)4)73(67)65-36-23-37-66(74-69(48(5)6)42-57(43-70(74)49(7)8)60-31-18-12-25-51(60)10)77(65)79-71(75-61-32-19-13-26-52(61)38-53-27-14-20-33-62(53)75)44-58(78)45-72(79)76-63-34-21-15-28-54(63)39-55-29-16-22-35-64(55)76/h11-43,46-49,71-72H,44-45H2,1-10H3. The summed E-state index contributed by atoms with van der Waals surface area (Å²) in [6.45, 7) is 23.7. The van der Waals surface area contributed by atoms with Gasteiger partial charge in [-0.25, -0.2) is 0 Å². The Labute approximate surface area is 470 Å². The summed E-state index contributed by atoms with van der Waals surface area (Å²) < 4.78 is 0. The third kappa shape index (κ3) is 9.33. The molecule has 2 heteroatoms. The van der Waals surface area contributed by atoms with Gasteiger partial charge in [0.25, 0.3) is 0 Å². The molecular formula is C77H73OP. The van der Waals surface area contributed by atoms with E-state index < -0.39 is 7.92 Å². The lowest BCUT2D eigenvalue weighted by atomic mass is 9.79. The molecule has 1 aliphatic heterocycles. The van der Waals surface area contributed by atoms with Crippen LogP contribution >= 0.6 is 7.92 Å². The Morgan fingerprint density at radius 2 is 0.646 bits per heavy atom. The van der Waals surface area contributed by atoms with E-state index in [-0.39, 0.29) is 35.0 Å². The number of benzene rings is 11. The first kappa shape index (κ1) is 52.3. The maximum atomic E-state index is 15.6. The van der Waals surface area contributed by atoms with Gasteiger partial charge in [-0.3, -0.25) is 4.79 Å². The van der Waals surface area contributed by atoms with Crippen LogP contribution in [-0.4, -0.2) is 5.78 Å². The lowest BCUT2D eigenvalue weighted by molar-refractivity contribution is -0.119. The number of carbonyl (C=O) groups excluding carboxylic acids is 1. The zero-order valence-corrected chi connectivity index (χ0v) is 48.7. The highest BCUT2D eigenvalue weighted by molar-refractivity contribution is 7.67. The summed E-state index contributed by atoms with van der Waals surface area (Å²) in [6.07, 6.45) is 0.939. The molecule has 11 aromatic carbocycles. The molecule has 0 N–H and O–H groups in total. The van der Waals surface area contributed by atoms with E-state index in [1.54, 1.807) is 0 Å². The van der Waals surface area contributed by atoms with E-state index in [0.717, 1.165) is 0 Å². The first-order valence-electron chi connectivity index (χ1n) is 29.0. The summed E-state index contributed by atoms with van der Waals surface area (Å²) in [7, 11) is -1.32. The van der Waals surface area contributed by atoms with Gasteiger partial charge in [0.1, 0.15) is 5.78 Å². The minimum absolute atomic E-state index is 0.123. The van der Waals surface area contributed by atoms with E-state index in [1.165, 1.54) is 137 Å². The summed E-state index contributed by atoms with van der Waals surface area (Å²) >= 11 is 0. The Balaban J connectivity index is 1.30. The molecule has 0 saturated carbocycles. The molecule has 0 aliphatic carbocycles. The van der Waals surface area contributed by atoms with Crippen LogP contribution in [0.3, 0.4) is 0 Å². The molecular weight excluding hydrogens is 972 g/mol. The van der Waals surface area contributed by atoms with Crippen LogP contribution in [0.15, 0.2) is 200 Å². The highest BCUT2D eigenvalue weighted by Gasteiger charge is 2.45. The quantitative estimate of drug-likeness (QED) is 0.0932. The first-order chi connectivity index (χ1) is 38.3. The van der Waals surface area contributed by atoms with Crippen molar-refractivity contribution in [3.8, 4) is 44.5 Å². The molecule has 0 bridgehead atoms. The third-order valence-corrected chi connectivity index (χ3v) is 20.7.